The van der Waals surface area contributed by atoms with Crippen molar-refractivity contribution in [2.45, 2.75) is 32.0 Å². The standard InChI is InChI=1S/C17H17F3N4O2/c1-9(10-3-5-13-11(7-10)4-6-14(25)22-13)21-16(26)12-8-24(2)23-15(12)17(18,19)20/h3,5,7-9H,4,6H2,1-2H3,(H,21,26)(H,22,25). The van der Waals surface area contributed by atoms with E-state index in [0.29, 0.717) is 12.8 Å². The number of nitrogens with one attached hydrogen (secondary N) is 2. The quantitative estimate of drug-likeness (QED) is 0.877. The number of halogens is 3. The molecule has 0 saturated heterocycles. The smallest absolute Gasteiger partial charge is 0.345 e. The molecule has 2 aromatic rings. The highest BCUT2D eigenvalue weighted by molar-refractivity contribution is 5.96. The normalized spacial score (nSPS) is 15.2. The molecule has 3 rings (SSSR count). The molecule has 1 atom stereocenters. The molecule has 138 valence electrons. The zero-order chi connectivity index (χ0) is 19.1. The van der Waals surface area contributed by atoms with Crippen molar-refractivity contribution in [1.29, 1.82) is 0 Å². The number of carbonyl (C=O) groups is 2. The van der Waals surface area contributed by atoms with Crippen molar-refractivity contribution in [2.24, 2.45) is 7.05 Å². The summed E-state index contributed by atoms with van der Waals surface area (Å²) in [6, 6.07) is 4.79. The average molecular weight is 366 g/mol. The molecule has 2 N–H and O–H groups in total. The fourth-order valence-electron chi connectivity index (χ4n) is 2.89. The van der Waals surface area contributed by atoms with Gasteiger partial charge >= 0.3 is 6.18 Å². The predicted molar refractivity (Wildman–Crippen MR) is 87.5 cm³/mol. The molecular formula is C17H17F3N4O2. The van der Waals surface area contributed by atoms with Crippen LogP contribution in [0.25, 0.3) is 0 Å². The molecule has 9 heteroatoms. The Bertz CT molecular complexity index is 873. The van der Waals surface area contributed by atoms with E-state index in [0.717, 1.165) is 27.7 Å². The number of rotatable bonds is 3. The Morgan fingerprint density at radius 2 is 2.08 bits per heavy atom. The maximum atomic E-state index is 13.0. The number of aryl methyl sites for hydroxylation is 2. The summed E-state index contributed by atoms with van der Waals surface area (Å²) in [4.78, 5) is 23.7. The van der Waals surface area contributed by atoms with Crippen molar-refractivity contribution in [2.75, 3.05) is 5.32 Å². The molecule has 0 bridgehead atoms. The Morgan fingerprint density at radius 1 is 1.35 bits per heavy atom. The van der Waals surface area contributed by atoms with E-state index in [-0.39, 0.29) is 5.91 Å². The third-order valence-corrected chi connectivity index (χ3v) is 4.21. The highest BCUT2D eigenvalue weighted by atomic mass is 19.4. The van der Waals surface area contributed by atoms with Gasteiger partial charge in [-0.1, -0.05) is 12.1 Å². The molecule has 0 spiro atoms. The zero-order valence-electron chi connectivity index (χ0n) is 14.1. The zero-order valence-corrected chi connectivity index (χ0v) is 14.1. The highest BCUT2D eigenvalue weighted by Crippen LogP contribution is 2.31. The molecule has 2 heterocycles. The van der Waals surface area contributed by atoms with Crippen LogP contribution in [0.2, 0.25) is 0 Å². The number of nitrogens with zero attached hydrogens (tertiary/aromatic N) is 2. The number of fused-ring (bicyclic) bond motifs is 1. The highest BCUT2D eigenvalue weighted by Gasteiger charge is 2.39. The fraction of sp³-hybridized carbons (Fsp3) is 0.353. The lowest BCUT2D eigenvalue weighted by molar-refractivity contribution is -0.141. The first kappa shape index (κ1) is 18.0. The topological polar surface area (TPSA) is 76.0 Å². The lowest BCUT2D eigenvalue weighted by Crippen LogP contribution is -2.28. The Morgan fingerprint density at radius 3 is 2.77 bits per heavy atom. The number of hydrogen-bond donors (Lipinski definition) is 2. The first-order valence-corrected chi connectivity index (χ1v) is 7.99. The number of benzene rings is 1. The van der Waals surface area contributed by atoms with Crippen molar-refractivity contribution in [3.63, 3.8) is 0 Å². The van der Waals surface area contributed by atoms with Gasteiger partial charge in [0, 0.05) is 25.4 Å². The van der Waals surface area contributed by atoms with Crippen LogP contribution in [0.15, 0.2) is 24.4 Å². The first-order chi connectivity index (χ1) is 12.1. The van der Waals surface area contributed by atoms with Crippen LogP contribution in [0.5, 0.6) is 0 Å². The summed E-state index contributed by atoms with van der Waals surface area (Å²) in [6.07, 6.45) is -2.70. The maximum Gasteiger partial charge on any atom is 0.435 e. The van der Waals surface area contributed by atoms with Crippen molar-refractivity contribution in [3.8, 4) is 0 Å². The molecule has 1 aliphatic rings. The van der Waals surface area contributed by atoms with Crippen molar-refractivity contribution < 1.29 is 22.8 Å². The van der Waals surface area contributed by atoms with Gasteiger partial charge in [0.2, 0.25) is 5.91 Å². The first-order valence-electron chi connectivity index (χ1n) is 7.99. The monoisotopic (exact) mass is 366 g/mol. The summed E-state index contributed by atoms with van der Waals surface area (Å²) in [5.74, 6) is -0.896. The lowest BCUT2D eigenvalue weighted by Gasteiger charge is -2.20. The fourth-order valence-corrected chi connectivity index (χ4v) is 2.89. The molecule has 1 aromatic heterocycles. The van der Waals surface area contributed by atoms with E-state index in [4.69, 9.17) is 0 Å². The Hall–Kier alpha value is -2.84. The third-order valence-electron chi connectivity index (χ3n) is 4.21. The van der Waals surface area contributed by atoms with Gasteiger partial charge < -0.3 is 10.6 Å². The van der Waals surface area contributed by atoms with Crippen LogP contribution in [-0.2, 0) is 24.4 Å². The molecule has 0 fully saturated rings. The largest absolute Gasteiger partial charge is 0.435 e. The van der Waals surface area contributed by atoms with Gasteiger partial charge in [0.25, 0.3) is 5.91 Å². The van der Waals surface area contributed by atoms with Gasteiger partial charge in [-0.25, -0.2) is 0 Å². The Kier molecular flexibility index (Phi) is 4.47. The average Bonchev–Trinajstić information content (AvgIpc) is 2.96. The molecule has 0 aliphatic carbocycles. The van der Waals surface area contributed by atoms with Gasteiger partial charge in [-0.15, -0.1) is 0 Å². The minimum absolute atomic E-state index is 0.0529. The molecule has 26 heavy (non-hydrogen) atoms. The molecule has 1 unspecified atom stereocenters. The predicted octanol–water partition coefficient (Wildman–Crippen LogP) is 2.81. The summed E-state index contributed by atoms with van der Waals surface area (Å²) in [5.41, 5.74) is 0.663. The van der Waals surface area contributed by atoms with Crippen molar-refractivity contribution in [1.82, 2.24) is 15.1 Å². The second kappa shape index (κ2) is 6.47. The molecule has 0 saturated carbocycles. The number of hydrogen-bond acceptors (Lipinski definition) is 3. The second-order valence-corrected chi connectivity index (χ2v) is 6.22. The van der Waals surface area contributed by atoms with Gasteiger partial charge in [0.1, 0.15) is 0 Å². The van der Waals surface area contributed by atoms with Crippen LogP contribution in [0.4, 0.5) is 18.9 Å². The van der Waals surface area contributed by atoms with E-state index in [2.05, 4.69) is 15.7 Å². The molecule has 2 amide bonds. The van der Waals surface area contributed by atoms with Gasteiger partial charge in [0.05, 0.1) is 11.6 Å². The molecule has 1 aromatic carbocycles. The number of amides is 2. The minimum atomic E-state index is -4.71. The summed E-state index contributed by atoms with van der Waals surface area (Å²) < 4.78 is 40.0. The maximum absolute atomic E-state index is 13.0. The third kappa shape index (κ3) is 3.56. The minimum Gasteiger partial charge on any atom is -0.345 e. The van der Waals surface area contributed by atoms with E-state index in [1.54, 1.807) is 19.1 Å². The second-order valence-electron chi connectivity index (χ2n) is 6.22. The number of aromatic nitrogens is 2. The lowest BCUT2D eigenvalue weighted by atomic mass is 9.97. The van der Waals surface area contributed by atoms with E-state index in [1.807, 2.05) is 6.07 Å². The number of carbonyl (C=O) groups excluding carboxylic acids is 2. The van der Waals surface area contributed by atoms with E-state index >= 15 is 0 Å². The number of alkyl halides is 3. The van der Waals surface area contributed by atoms with Crippen LogP contribution in [0, 0.1) is 0 Å². The van der Waals surface area contributed by atoms with Gasteiger partial charge in [-0.2, -0.15) is 18.3 Å². The van der Waals surface area contributed by atoms with Crippen LogP contribution < -0.4 is 10.6 Å². The Balaban J connectivity index is 1.79. The SMILES string of the molecule is CC(NC(=O)c1cn(C)nc1C(F)(F)F)c1ccc2c(c1)CCC(=O)N2. The van der Waals surface area contributed by atoms with Gasteiger partial charge in [-0.3, -0.25) is 14.3 Å². The van der Waals surface area contributed by atoms with Crippen LogP contribution in [-0.4, -0.2) is 21.6 Å². The van der Waals surface area contributed by atoms with Crippen molar-refractivity contribution in [3.05, 3.63) is 46.8 Å². The van der Waals surface area contributed by atoms with E-state index in [9.17, 15) is 22.8 Å². The summed E-state index contributed by atoms with van der Waals surface area (Å²) >= 11 is 0. The summed E-state index contributed by atoms with van der Waals surface area (Å²) in [6.45, 7) is 1.69. The Labute approximate surface area is 147 Å². The van der Waals surface area contributed by atoms with E-state index in [1.165, 1.54) is 7.05 Å². The molecule has 6 nitrogen and oxygen atoms in total. The van der Waals surface area contributed by atoms with Gasteiger partial charge in [0.15, 0.2) is 5.69 Å². The molecular weight excluding hydrogens is 349 g/mol. The molecule has 1 aliphatic heterocycles. The molecule has 0 radical (unpaired) electrons. The van der Waals surface area contributed by atoms with Gasteiger partial charge in [-0.05, 0) is 30.5 Å². The number of anilines is 1. The van der Waals surface area contributed by atoms with E-state index < -0.39 is 29.4 Å². The van der Waals surface area contributed by atoms with Crippen LogP contribution in [0.1, 0.15) is 46.6 Å². The summed E-state index contributed by atoms with van der Waals surface area (Å²) in [7, 11) is 1.33. The van der Waals surface area contributed by atoms with Crippen molar-refractivity contribution >= 4 is 17.5 Å². The van der Waals surface area contributed by atoms with Crippen LogP contribution >= 0.6 is 0 Å². The summed E-state index contributed by atoms with van der Waals surface area (Å²) in [5, 5.41) is 8.67. The van der Waals surface area contributed by atoms with Crippen LogP contribution in [0.3, 0.4) is 0 Å².